The first-order valence-corrected chi connectivity index (χ1v) is 11.6. The second-order valence-corrected chi connectivity index (χ2v) is 8.97. The number of nitrogens with zero attached hydrogens (tertiary/aromatic N) is 2. The van der Waals surface area contributed by atoms with Gasteiger partial charge in [0.1, 0.15) is 4.90 Å². The number of hydrogen-bond acceptors (Lipinski definition) is 9. The maximum absolute atomic E-state index is 12.6. The van der Waals surface area contributed by atoms with Gasteiger partial charge in [0.15, 0.2) is 17.2 Å². The zero-order chi connectivity index (χ0) is 25.2. The molecule has 0 aromatic heterocycles. The fraction of sp³-hybridized carbons (Fsp3) is 0.0435. The molecule has 0 aliphatic carbocycles. The molecule has 4 rings (SSSR count). The molecule has 0 saturated carbocycles. The van der Waals surface area contributed by atoms with Crippen molar-refractivity contribution in [3.63, 3.8) is 0 Å². The van der Waals surface area contributed by atoms with Gasteiger partial charge in [-0.3, -0.25) is 10.1 Å². The highest BCUT2D eigenvalue weighted by Crippen LogP contribution is 2.33. The molecule has 3 aromatic rings. The number of carbonyl (C=O) groups is 1. The minimum absolute atomic E-state index is 0.000132. The summed E-state index contributed by atoms with van der Waals surface area (Å²) in [6, 6.07) is 15.4. The van der Waals surface area contributed by atoms with Crippen molar-refractivity contribution in [2.75, 3.05) is 7.11 Å². The maximum atomic E-state index is 12.6. The van der Waals surface area contributed by atoms with Crippen LogP contribution in [-0.4, -0.2) is 32.3 Å². The summed E-state index contributed by atoms with van der Waals surface area (Å²) in [7, 11) is -3.09. The van der Waals surface area contributed by atoms with Gasteiger partial charge in [-0.15, -0.1) is 0 Å². The predicted molar refractivity (Wildman–Crippen MR) is 126 cm³/mol. The molecule has 0 N–H and O–H groups in total. The van der Waals surface area contributed by atoms with Crippen molar-refractivity contribution in [1.29, 1.82) is 0 Å². The highest BCUT2D eigenvalue weighted by molar-refractivity contribution is 7.87. The van der Waals surface area contributed by atoms with Crippen molar-refractivity contribution < 1.29 is 31.8 Å². The van der Waals surface area contributed by atoms with E-state index >= 15 is 0 Å². The Hall–Kier alpha value is -4.22. The molecule has 12 heteroatoms. The van der Waals surface area contributed by atoms with Crippen molar-refractivity contribution >= 4 is 45.3 Å². The first-order valence-electron chi connectivity index (χ1n) is 9.82. The van der Waals surface area contributed by atoms with Crippen molar-refractivity contribution in [3.05, 3.63) is 98.7 Å². The monoisotopic (exact) mass is 514 g/mol. The third-order valence-electron chi connectivity index (χ3n) is 4.73. The van der Waals surface area contributed by atoms with Gasteiger partial charge in [-0.2, -0.15) is 8.42 Å². The minimum Gasteiger partial charge on any atom is -0.493 e. The lowest BCUT2D eigenvalue weighted by molar-refractivity contribution is -0.385. The number of methoxy groups -OCH3 is 1. The van der Waals surface area contributed by atoms with E-state index in [0.29, 0.717) is 16.1 Å². The van der Waals surface area contributed by atoms with E-state index in [1.807, 2.05) is 0 Å². The Kier molecular flexibility index (Phi) is 6.54. The summed E-state index contributed by atoms with van der Waals surface area (Å²) in [4.78, 5) is 26.3. The van der Waals surface area contributed by atoms with Gasteiger partial charge in [0, 0.05) is 12.1 Å². The van der Waals surface area contributed by atoms with E-state index in [9.17, 15) is 23.3 Å². The van der Waals surface area contributed by atoms with E-state index in [4.69, 9.17) is 25.3 Å². The lowest BCUT2D eigenvalue weighted by Gasteiger charge is -2.11. The van der Waals surface area contributed by atoms with Crippen molar-refractivity contribution in [1.82, 2.24) is 0 Å². The summed E-state index contributed by atoms with van der Waals surface area (Å²) in [6.45, 7) is 0. The number of cyclic esters (lactones) is 1. The fourth-order valence-electron chi connectivity index (χ4n) is 3.08. The normalized spacial score (nSPS) is 14.4. The molecule has 1 heterocycles. The number of aliphatic imine (C=N–C) groups is 1. The molecule has 178 valence electrons. The Morgan fingerprint density at radius 2 is 1.83 bits per heavy atom. The van der Waals surface area contributed by atoms with Crippen LogP contribution >= 0.6 is 11.6 Å². The van der Waals surface area contributed by atoms with Crippen molar-refractivity contribution in [3.8, 4) is 11.5 Å². The van der Waals surface area contributed by atoms with E-state index in [0.717, 1.165) is 12.1 Å². The van der Waals surface area contributed by atoms with E-state index in [-0.39, 0.29) is 23.1 Å². The van der Waals surface area contributed by atoms with Gasteiger partial charge in [-0.25, -0.2) is 9.79 Å². The second-order valence-electron chi connectivity index (χ2n) is 7.02. The number of nitro groups is 1. The highest BCUT2D eigenvalue weighted by atomic mass is 35.5. The number of non-ortho nitro benzene ring substituents is 1. The van der Waals surface area contributed by atoms with Gasteiger partial charge in [-0.1, -0.05) is 35.9 Å². The largest absolute Gasteiger partial charge is 0.493 e. The van der Waals surface area contributed by atoms with Gasteiger partial charge in [-0.05, 0) is 42.0 Å². The van der Waals surface area contributed by atoms with Gasteiger partial charge in [0.2, 0.25) is 5.90 Å². The van der Waals surface area contributed by atoms with Crippen LogP contribution in [0, 0.1) is 10.1 Å². The zero-order valence-electron chi connectivity index (χ0n) is 17.9. The molecule has 35 heavy (non-hydrogen) atoms. The fourth-order valence-corrected chi connectivity index (χ4v) is 4.28. The average Bonchev–Trinajstić information content (AvgIpc) is 3.19. The van der Waals surface area contributed by atoms with Gasteiger partial charge in [0.05, 0.1) is 22.6 Å². The molecule has 0 unspecified atom stereocenters. The molecule has 1 aliphatic heterocycles. The number of hydrogen-bond donors (Lipinski definition) is 0. The molecule has 0 radical (unpaired) electrons. The quantitative estimate of drug-likeness (QED) is 0.149. The van der Waals surface area contributed by atoms with Crippen molar-refractivity contribution in [2.24, 2.45) is 4.99 Å². The van der Waals surface area contributed by atoms with Gasteiger partial charge >= 0.3 is 16.1 Å². The molecule has 10 nitrogen and oxygen atoms in total. The van der Waals surface area contributed by atoms with Crippen LogP contribution in [-0.2, 0) is 19.6 Å². The van der Waals surface area contributed by atoms with Crippen LogP contribution in [0.15, 0.2) is 82.3 Å². The average molecular weight is 515 g/mol. The summed E-state index contributed by atoms with van der Waals surface area (Å²) in [5.41, 5.74) is 0.500. The first kappa shape index (κ1) is 23.9. The molecule has 0 amide bonds. The van der Waals surface area contributed by atoms with Crippen LogP contribution in [0.5, 0.6) is 11.5 Å². The molecule has 0 fully saturated rings. The summed E-state index contributed by atoms with van der Waals surface area (Å²) >= 11 is 6.13. The van der Waals surface area contributed by atoms with Crippen LogP contribution in [0.25, 0.3) is 6.08 Å². The van der Waals surface area contributed by atoms with E-state index in [2.05, 4.69) is 4.99 Å². The number of rotatable bonds is 7. The first-order chi connectivity index (χ1) is 16.7. The Morgan fingerprint density at radius 3 is 2.54 bits per heavy atom. The van der Waals surface area contributed by atoms with Gasteiger partial charge < -0.3 is 13.7 Å². The number of esters is 1. The molecule has 0 bridgehead atoms. The Bertz CT molecular complexity index is 1520. The van der Waals surface area contributed by atoms with Crippen LogP contribution in [0.1, 0.15) is 11.1 Å². The topological polar surface area (TPSA) is 134 Å². The van der Waals surface area contributed by atoms with Crippen molar-refractivity contribution in [2.45, 2.75) is 4.90 Å². The molecule has 0 spiro atoms. The second kappa shape index (κ2) is 9.57. The molecule has 3 aromatic carbocycles. The summed E-state index contributed by atoms with van der Waals surface area (Å²) in [5, 5.41) is 11.3. The lowest BCUT2D eigenvalue weighted by atomic mass is 10.1. The molecule has 0 saturated heterocycles. The predicted octanol–water partition coefficient (Wildman–Crippen LogP) is 4.37. The Morgan fingerprint density at radius 1 is 1.06 bits per heavy atom. The maximum Gasteiger partial charge on any atom is 0.363 e. The highest BCUT2D eigenvalue weighted by Gasteiger charge is 2.26. The summed E-state index contributed by atoms with van der Waals surface area (Å²) in [6.07, 6.45) is 1.42. The van der Waals surface area contributed by atoms with Crippen LogP contribution in [0.2, 0.25) is 5.02 Å². The zero-order valence-corrected chi connectivity index (χ0v) is 19.4. The van der Waals surface area contributed by atoms with Crippen LogP contribution < -0.4 is 8.92 Å². The number of halogens is 1. The number of benzene rings is 3. The standard InChI is InChI=1S/C23H15ClN2O8S/c1-32-21-12-14(11-19-23(27)33-22(25-19)17-7-2-3-8-18(17)24)9-10-20(21)34-35(30,31)16-6-4-5-15(13-16)26(28)29/h2-13H,1H3/b19-11-. The minimum atomic E-state index is -4.40. The molecular weight excluding hydrogens is 500 g/mol. The third kappa shape index (κ3) is 5.15. The van der Waals surface area contributed by atoms with Crippen LogP contribution in [0.3, 0.4) is 0 Å². The van der Waals surface area contributed by atoms with Gasteiger partial charge in [0.25, 0.3) is 5.69 Å². The van der Waals surface area contributed by atoms with E-state index in [1.165, 1.54) is 43.5 Å². The van der Waals surface area contributed by atoms with Crippen LogP contribution in [0.4, 0.5) is 5.69 Å². The lowest BCUT2D eigenvalue weighted by Crippen LogP contribution is -2.10. The Balaban J connectivity index is 1.62. The third-order valence-corrected chi connectivity index (χ3v) is 6.29. The van der Waals surface area contributed by atoms with E-state index in [1.54, 1.807) is 24.3 Å². The smallest absolute Gasteiger partial charge is 0.363 e. The number of nitro benzene ring substituents is 1. The molecule has 1 aliphatic rings. The molecular formula is C23H15ClN2O8S. The number of ether oxygens (including phenoxy) is 2. The summed E-state index contributed by atoms with van der Waals surface area (Å²) in [5.74, 6) is -0.750. The number of carbonyl (C=O) groups excluding carboxylic acids is 1. The molecule has 0 atom stereocenters. The SMILES string of the molecule is COc1cc(/C=C2\N=C(c3ccccc3Cl)OC2=O)ccc1OS(=O)(=O)c1cccc([N+](=O)[O-])c1. The Labute approximate surface area is 204 Å². The summed E-state index contributed by atoms with van der Waals surface area (Å²) < 4.78 is 40.9. The van der Waals surface area contributed by atoms with E-state index < -0.39 is 31.6 Å².